The van der Waals surface area contributed by atoms with Gasteiger partial charge in [-0.2, -0.15) is 0 Å². The maximum Gasteiger partial charge on any atom is 0.0230 e. The third-order valence-electron chi connectivity index (χ3n) is 4.93. The Morgan fingerprint density at radius 3 is 1.23 bits per heavy atom. The number of rotatable bonds is 11. The molecule has 0 N–H and O–H groups in total. The maximum atomic E-state index is 2.41. The molecule has 2 rings (SSSR count). The highest BCUT2D eigenvalue weighted by Crippen LogP contribution is 2.21. The average molecular weight is 353 g/mol. The zero-order chi connectivity index (χ0) is 18.8. The molecule has 2 aromatic carbocycles. The molecule has 0 aliphatic rings. The third-order valence-corrected chi connectivity index (χ3v) is 4.93. The highest BCUT2D eigenvalue weighted by molar-refractivity contribution is 5.63. The lowest BCUT2D eigenvalue weighted by atomic mass is 10.0. The summed E-state index contributed by atoms with van der Waals surface area (Å²) in [7, 11) is 4.42. The van der Waals surface area contributed by atoms with Crippen LogP contribution in [0.3, 0.4) is 0 Å². The van der Waals surface area contributed by atoms with Gasteiger partial charge in [0.05, 0.1) is 0 Å². The van der Waals surface area contributed by atoms with Gasteiger partial charge < -0.3 is 9.80 Å². The SMILES string of the molecule is CCCCN(C)Cc1ccc(-c2ccc(CN(C)CCCC)cc2)cc1. The molecular weight excluding hydrogens is 316 g/mol. The van der Waals surface area contributed by atoms with Crippen molar-refractivity contribution in [2.24, 2.45) is 0 Å². The van der Waals surface area contributed by atoms with Crippen molar-refractivity contribution in [1.29, 1.82) is 0 Å². The highest BCUT2D eigenvalue weighted by Gasteiger charge is 2.03. The number of nitrogens with zero attached hydrogens (tertiary/aromatic N) is 2. The summed E-state index contributed by atoms with van der Waals surface area (Å²) in [4.78, 5) is 4.81. The fourth-order valence-corrected chi connectivity index (χ4v) is 3.24. The Labute approximate surface area is 160 Å². The molecule has 0 aliphatic carbocycles. The Hall–Kier alpha value is -1.64. The maximum absolute atomic E-state index is 2.41. The van der Waals surface area contributed by atoms with E-state index in [0.717, 1.165) is 13.1 Å². The standard InChI is InChI=1S/C24H36N2/c1-5-7-17-25(3)19-21-9-13-23(14-10-21)24-15-11-22(12-16-24)20-26(4)18-8-6-2/h9-16H,5-8,17-20H2,1-4H3. The largest absolute Gasteiger partial charge is 0.302 e. The number of unbranched alkanes of at least 4 members (excludes halogenated alkanes) is 2. The zero-order valence-electron chi connectivity index (χ0n) is 17.2. The Balaban J connectivity index is 1.92. The minimum atomic E-state index is 1.03. The summed E-state index contributed by atoms with van der Waals surface area (Å²) in [5.41, 5.74) is 5.38. The van der Waals surface area contributed by atoms with Gasteiger partial charge in [0, 0.05) is 13.1 Å². The Morgan fingerprint density at radius 1 is 0.577 bits per heavy atom. The molecular formula is C24H36N2. The molecule has 0 spiro atoms. The van der Waals surface area contributed by atoms with Crippen molar-refractivity contribution < 1.29 is 0 Å². The van der Waals surface area contributed by atoms with E-state index in [9.17, 15) is 0 Å². The van der Waals surface area contributed by atoms with Crippen molar-refractivity contribution in [3.05, 3.63) is 59.7 Å². The van der Waals surface area contributed by atoms with Crippen molar-refractivity contribution in [2.45, 2.75) is 52.6 Å². The van der Waals surface area contributed by atoms with E-state index in [4.69, 9.17) is 0 Å². The first-order chi connectivity index (χ1) is 12.6. The summed E-state index contributed by atoms with van der Waals surface area (Å²) in [6.07, 6.45) is 5.06. The van der Waals surface area contributed by atoms with E-state index >= 15 is 0 Å². The van der Waals surface area contributed by atoms with Crippen LogP contribution in [0.4, 0.5) is 0 Å². The van der Waals surface area contributed by atoms with Gasteiger partial charge in [-0.25, -0.2) is 0 Å². The molecule has 0 bridgehead atoms. The second kappa shape index (κ2) is 11.2. The second-order valence-corrected chi connectivity index (χ2v) is 7.58. The van der Waals surface area contributed by atoms with E-state index in [1.54, 1.807) is 0 Å². The molecule has 2 aromatic rings. The molecule has 142 valence electrons. The molecule has 26 heavy (non-hydrogen) atoms. The van der Waals surface area contributed by atoms with Gasteiger partial charge in [-0.1, -0.05) is 75.2 Å². The van der Waals surface area contributed by atoms with E-state index in [1.807, 2.05) is 0 Å². The molecule has 0 saturated heterocycles. The van der Waals surface area contributed by atoms with Crippen LogP contribution in [0.25, 0.3) is 11.1 Å². The first kappa shape index (κ1) is 20.7. The summed E-state index contributed by atoms with van der Waals surface area (Å²) in [5.74, 6) is 0. The third kappa shape index (κ3) is 6.93. The van der Waals surface area contributed by atoms with Crippen LogP contribution in [0.15, 0.2) is 48.5 Å². The summed E-state index contributed by atoms with van der Waals surface area (Å²) in [6.45, 7) is 8.90. The average Bonchev–Trinajstić information content (AvgIpc) is 2.66. The lowest BCUT2D eigenvalue weighted by Crippen LogP contribution is -2.18. The van der Waals surface area contributed by atoms with E-state index < -0.39 is 0 Å². The molecule has 0 radical (unpaired) electrons. The van der Waals surface area contributed by atoms with Crippen LogP contribution in [0, 0.1) is 0 Å². The van der Waals surface area contributed by atoms with Gasteiger partial charge in [-0.3, -0.25) is 0 Å². The summed E-state index contributed by atoms with van der Waals surface area (Å²) in [5, 5.41) is 0. The zero-order valence-corrected chi connectivity index (χ0v) is 17.2. The van der Waals surface area contributed by atoms with Crippen molar-refractivity contribution in [3.63, 3.8) is 0 Å². The molecule has 0 atom stereocenters. The van der Waals surface area contributed by atoms with Crippen LogP contribution in [-0.2, 0) is 13.1 Å². The monoisotopic (exact) mass is 352 g/mol. The van der Waals surface area contributed by atoms with Crippen LogP contribution < -0.4 is 0 Å². The molecule has 0 aromatic heterocycles. The first-order valence-electron chi connectivity index (χ1n) is 10.2. The lowest BCUT2D eigenvalue weighted by molar-refractivity contribution is 0.321. The molecule has 0 saturated carbocycles. The van der Waals surface area contributed by atoms with Gasteiger partial charge >= 0.3 is 0 Å². The quantitative estimate of drug-likeness (QED) is 0.503. The predicted molar refractivity (Wildman–Crippen MR) is 114 cm³/mol. The van der Waals surface area contributed by atoms with Gasteiger partial charge in [0.15, 0.2) is 0 Å². The van der Waals surface area contributed by atoms with Crippen molar-refractivity contribution >= 4 is 0 Å². The minimum absolute atomic E-state index is 1.03. The van der Waals surface area contributed by atoms with Crippen LogP contribution >= 0.6 is 0 Å². The predicted octanol–water partition coefficient (Wildman–Crippen LogP) is 5.82. The molecule has 2 nitrogen and oxygen atoms in total. The molecule has 2 heteroatoms. The van der Waals surface area contributed by atoms with Gasteiger partial charge in [0.1, 0.15) is 0 Å². The van der Waals surface area contributed by atoms with E-state index in [1.165, 1.54) is 61.0 Å². The van der Waals surface area contributed by atoms with Gasteiger partial charge in [-0.15, -0.1) is 0 Å². The smallest absolute Gasteiger partial charge is 0.0230 e. The summed E-state index contributed by atoms with van der Waals surface area (Å²) < 4.78 is 0. The molecule has 0 fully saturated rings. The summed E-state index contributed by atoms with van der Waals surface area (Å²) >= 11 is 0. The fraction of sp³-hybridized carbons (Fsp3) is 0.500. The molecule has 0 aliphatic heterocycles. The lowest BCUT2D eigenvalue weighted by Gasteiger charge is -2.17. The molecule has 0 unspecified atom stereocenters. The van der Waals surface area contributed by atoms with Crippen molar-refractivity contribution in [1.82, 2.24) is 9.80 Å². The first-order valence-corrected chi connectivity index (χ1v) is 10.2. The number of benzene rings is 2. The van der Waals surface area contributed by atoms with Gasteiger partial charge in [-0.05, 0) is 62.3 Å². The summed E-state index contributed by atoms with van der Waals surface area (Å²) in [6, 6.07) is 18.1. The number of hydrogen-bond acceptors (Lipinski definition) is 2. The number of hydrogen-bond donors (Lipinski definition) is 0. The van der Waals surface area contributed by atoms with E-state index in [0.29, 0.717) is 0 Å². The van der Waals surface area contributed by atoms with Crippen molar-refractivity contribution in [2.75, 3.05) is 27.2 Å². The topological polar surface area (TPSA) is 6.48 Å². The van der Waals surface area contributed by atoms with Crippen LogP contribution in [0.2, 0.25) is 0 Å². The molecule has 0 amide bonds. The minimum Gasteiger partial charge on any atom is -0.302 e. The van der Waals surface area contributed by atoms with Crippen LogP contribution in [0.1, 0.15) is 50.7 Å². The van der Waals surface area contributed by atoms with E-state index in [2.05, 4.69) is 86.3 Å². The van der Waals surface area contributed by atoms with Crippen LogP contribution in [-0.4, -0.2) is 37.0 Å². The van der Waals surface area contributed by atoms with Gasteiger partial charge in [0.25, 0.3) is 0 Å². The van der Waals surface area contributed by atoms with E-state index in [-0.39, 0.29) is 0 Å². The Morgan fingerprint density at radius 2 is 0.923 bits per heavy atom. The fourth-order valence-electron chi connectivity index (χ4n) is 3.24. The second-order valence-electron chi connectivity index (χ2n) is 7.58. The molecule has 0 heterocycles. The normalized spacial score (nSPS) is 11.5. The van der Waals surface area contributed by atoms with Crippen molar-refractivity contribution in [3.8, 4) is 11.1 Å². The van der Waals surface area contributed by atoms with Gasteiger partial charge in [0.2, 0.25) is 0 Å². The Kier molecular flexibility index (Phi) is 8.87. The Bertz CT molecular complexity index is 558. The highest BCUT2D eigenvalue weighted by atomic mass is 15.1. The van der Waals surface area contributed by atoms with Crippen LogP contribution in [0.5, 0.6) is 0 Å².